The Balaban J connectivity index is 1.96. The molecule has 1 fully saturated rings. The second-order valence-electron chi connectivity index (χ2n) is 5.99. The van der Waals surface area contributed by atoms with Crippen molar-refractivity contribution in [3.8, 4) is 0 Å². The number of methoxy groups -OCH3 is 2. The zero-order valence-corrected chi connectivity index (χ0v) is 13.9. The molecular weight excluding hydrogens is 302 g/mol. The van der Waals surface area contributed by atoms with Gasteiger partial charge in [-0.1, -0.05) is 6.92 Å². The maximum absolute atomic E-state index is 11.9. The Morgan fingerprint density at radius 2 is 2.13 bits per heavy atom. The van der Waals surface area contributed by atoms with Gasteiger partial charge in [-0.25, -0.2) is 9.59 Å². The minimum atomic E-state index is -0.673. The Morgan fingerprint density at radius 3 is 2.83 bits per heavy atom. The lowest BCUT2D eigenvalue weighted by Gasteiger charge is -2.34. The molecule has 23 heavy (non-hydrogen) atoms. The highest BCUT2D eigenvalue weighted by molar-refractivity contribution is 5.89. The SMILES string of the molecule is COCCCNC(=O)OC1OC=C(C(=O)OC)C2CCC(C)C12. The molecule has 1 N–H and O–H groups in total. The summed E-state index contributed by atoms with van der Waals surface area (Å²) in [7, 11) is 2.97. The van der Waals surface area contributed by atoms with E-state index in [2.05, 4.69) is 12.2 Å². The highest BCUT2D eigenvalue weighted by atomic mass is 16.7. The molecule has 1 aliphatic heterocycles. The van der Waals surface area contributed by atoms with Crippen LogP contribution in [-0.4, -0.2) is 45.7 Å². The largest absolute Gasteiger partial charge is 0.466 e. The molecule has 7 nitrogen and oxygen atoms in total. The molecule has 0 radical (unpaired) electrons. The van der Waals surface area contributed by atoms with Crippen LogP contribution in [0.1, 0.15) is 26.2 Å². The third-order valence-corrected chi connectivity index (χ3v) is 4.54. The van der Waals surface area contributed by atoms with Gasteiger partial charge in [0.15, 0.2) is 0 Å². The number of ether oxygens (including phenoxy) is 4. The van der Waals surface area contributed by atoms with Crippen molar-refractivity contribution in [2.45, 2.75) is 32.5 Å². The van der Waals surface area contributed by atoms with Crippen molar-refractivity contribution in [2.24, 2.45) is 17.8 Å². The summed E-state index contributed by atoms with van der Waals surface area (Å²) in [6.07, 6.45) is 2.74. The molecule has 1 amide bonds. The second-order valence-corrected chi connectivity index (χ2v) is 5.99. The van der Waals surface area contributed by atoms with Crippen molar-refractivity contribution < 1.29 is 28.5 Å². The molecule has 2 rings (SSSR count). The standard InChI is InChI=1S/C16H25NO6/c1-10-5-6-11-12(14(18)21-3)9-22-15(13(10)11)23-16(19)17-7-4-8-20-2/h9-11,13,15H,4-8H2,1-3H3,(H,17,19). The fraction of sp³-hybridized carbons (Fsp3) is 0.750. The average molecular weight is 327 g/mol. The van der Waals surface area contributed by atoms with Gasteiger partial charge in [-0.15, -0.1) is 0 Å². The molecule has 7 heteroatoms. The third-order valence-electron chi connectivity index (χ3n) is 4.54. The quantitative estimate of drug-likeness (QED) is 0.592. The van der Waals surface area contributed by atoms with Crippen molar-refractivity contribution in [1.82, 2.24) is 5.32 Å². The molecule has 0 aromatic rings. The summed E-state index contributed by atoms with van der Waals surface area (Å²) < 4.78 is 20.7. The molecule has 0 aromatic heterocycles. The van der Waals surface area contributed by atoms with Gasteiger partial charge >= 0.3 is 12.1 Å². The van der Waals surface area contributed by atoms with E-state index in [1.54, 1.807) is 7.11 Å². The first-order valence-corrected chi connectivity index (χ1v) is 7.95. The van der Waals surface area contributed by atoms with Crippen molar-refractivity contribution in [3.05, 3.63) is 11.8 Å². The number of rotatable bonds is 6. The maximum atomic E-state index is 11.9. The highest BCUT2D eigenvalue weighted by Crippen LogP contribution is 2.46. The minimum absolute atomic E-state index is 0.0116. The van der Waals surface area contributed by atoms with Crippen molar-refractivity contribution in [1.29, 1.82) is 0 Å². The summed E-state index contributed by atoms with van der Waals surface area (Å²) in [6.45, 7) is 3.14. The Labute approximate surface area is 136 Å². The fourth-order valence-corrected chi connectivity index (χ4v) is 3.34. The van der Waals surface area contributed by atoms with Crippen LogP contribution in [-0.2, 0) is 23.7 Å². The van der Waals surface area contributed by atoms with Crippen LogP contribution in [0.25, 0.3) is 0 Å². The van der Waals surface area contributed by atoms with E-state index in [0.29, 0.717) is 31.1 Å². The Hall–Kier alpha value is -1.76. The van der Waals surface area contributed by atoms with Crippen LogP contribution in [0.3, 0.4) is 0 Å². The van der Waals surface area contributed by atoms with E-state index in [1.807, 2.05) is 0 Å². The van der Waals surface area contributed by atoms with Crippen LogP contribution in [0.15, 0.2) is 11.8 Å². The summed E-state index contributed by atoms with van der Waals surface area (Å²) in [6, 6.07) is 0. The summed E-state index contributed by atoms with van der Waals surface area (Å²) >= 11 is 0. The van der Waals surface area contributed by atoms with Crippen LogP contribution in [0, 0.1) is 17.8 Å². The monoisotopic (exact) mass is 327 g/mol. The number of hydrogen-bond donors (Lipinski definition) is 1. The number of alkyl carbamates (subject to hydrolysis) is 1. The predicted octanol–water partition coefficient (Wildman–Crippen LogP) is 1.82. The van der Waals surface area contributed by atoms with E-state index in [-0.39, 0.29) is 17.8 Å². The lowest BCUT2D eigenvalue weighted by atomic mass is 9.83. The summed E-state index contributed by atoms with van der Waals surface area (Å²) in [5, 5.41) is 2.67. The molecule has 1 aliphatic carbocycles. The molecule has 0 aromatic carbocycles. The van der Waals surface area contributed by atoms with Crippen LogP contribution in [0.5, 0.6) is 0 Å². The molecule has 0 bridgehead atoms. The zero-order valence-electron chi connectivity index (χ0n) is 13.9. The molecule has 0 spiro atoms. The smallest absolute Gasteiger partial charge is 0.410 e. The van der Waals surface area contributed by atoms with Gasteiger partial charge in [0.1, 0.15) is 0 Å². The molecule has 1 heterocycles. The number of amides is 1. The van der Waals surface area contributed by atoms with E-state index in [1.165, 1.54) is 13.4 Å². The lowest BCUT2D eigenvalue weighted by molar-refractivity contribution is -0.145. The number of carbonyl (C=O) groups is 2. The van der Waals surface area contributed by atoms with Gasteiger partial charge in [-0.2, -0.15) is 0 Å². The topological polar surface area (TPSA) is 83.1 Å². The predicted molar refractivity (Wildman–Crippen MR) is 81.3 cm³/mol. The molecular formula is C16H25NO6. The first-order valence-electron chi connectivity index (χ1n) is 7.95. The molecule has 1 saturated carbocycles. The molecule has 0 saturated heterocycles. The second kappa shape index (κ2) is 8.19. The minimum Gasteiger partial charge on any atom is -0.466 e. The Bertz CT molecular complexity index is 463. The van der Waals surface area contributed by atoms with Crippen LogP contribution in [0.2, 0.25) is 0 Å². The summed E-state index contributed by atoms with van der Waals surface area (Å²) in [5.74, 6) is -0.0902. The van der Waals surface area contributed by atoms with Gasteiger partial charge in [0.05, 0.1) is 18.9 Å². The number of nitrogens with one attached hydrogen (secondary N) is 1. The summed E-state index contributed by atoms with van der Waals surface area (Å²) in [5.41, 5.74) is 0.530. The molecule has 130 valence electrons. The van der Waals surface area contributed by atoms with Crippen molar-refractivity contribution in [2.75, 3.05) is 27.4 Å². The Kier molecular flexibility index (Phi) is 6.27. The van der Waals surface area contributed by atoms with Gasteiger partial charge in [0.25, 0.3) is 0 Å². The molecule has 4 unspecified atom stereocenters. The third kappa shape index (κ3) is 4.16. The van der Waals surface area contributed by atoms with Gasteiger partial charge in [0, 0.05) is 32.1 Å². The number of carbonyl (C=O) groups excluding carboxylic acids is 2. The zero-order chi connectivity index (χ0) is 16.8. The first-order chi connectivity index (χ1) is 11.1. The lowest BCUT2D eigenvalue weighted by Crippen LogP contribution is -2.41. The average Bonchev–Trinajstić information content (AvgIpc) is 2.94. The van der Waals surface area contributed by atoms with E-state index in [0.717, 1.165) is 12.8 Å². The van der Waals surface area contributed by atoms with E-state index in [4.69, 9.17) is 18.9 Å². The number of hydrogen-bond acceptors (Lipinski definition) is 6. The normalized spacial score (nSPS) is 29.1. The van der Waals surface area contributed by atoms with Crippen molar-refractivity contribution in [3.63, 3.8) is 0 Å². The highest BCUT2D eigenvalue weighted by Gasteiger charge is 2.47. The van der Waals surface area contributed by atoms with Crippen LogP contribution < -0.4 is 5.32 Å². The van der Waals surface area contributed by atoms with Gasteiger partial charge in [0.2, 0.25) is 6.29 Å². The molecule has 2 aliphatic rings. The van der Waals surface area contributed by atoms with Gasteiger partial charge in [-0.3, -0.25) is 0 Å². The van der Waals surface area contributed by atoms with Gasteiger partial charge in [-0.05, 0) is 25.2 Å². The first kappa shape index (κ1) is 17.6. The van der Waals surface area contributed by atoms with E-state index < -0.39 is 12.4 Å². The maximum Gasteiger partial charge on any atom is 0.410 e. The Morgan fingerprint density at radius 1 is 1.35 bits per heavy atom. The number of fused-ring (bicyclic) bond motifs is 1. The molecule has 4 atom stereocenters. The van der Waals surface area contributed by atoms with Crippen LogP contribution in [0.4, 0.5) is 4.79 Å². The summed E-state index contributed by atoms with van der Waals surface area (Å²) in [4.78, 5) is 23.7. The van der Waals surface area contributed by atoms with Crippen LogP contribution >= 0.6 is 0 Å². The van der Waals surface area contributed by atoms with Crippen molar-refractivity contribution >= 4 is 12.1 Å². The number of esters is 1. The van der Waals surface area contributed by atoms with Gasteiger partial charge < -0.3 is 24.3 Å². The fourth-order valence-electron chi connectivity index (χ4n) is 3.34. The van der Waals surface area contributed by atoms with E-state index in [9.17, 15) is 9.59 Å². The van der Waals surface area contributed by atoms with E-state index >= 15 is 0 Å².